The Hall–Kier alpha value is -2.84. The molecule has 3 aliphatic rings. The third-order valence-corrected chi connectivity index (χ3v) is 6.67. The number of carbonyl (C=O) groups is 2. The molecule has 5 rings (SSSR count). The highest BCUT2D eigenvalue weighted by molar-refractivity contribution is 5.96. The number of aryl methyl sites for hydroxylation is 2. The van der Waals surface area contributed by atoms with Crippen LogP contribution in [0.1, 0.15) is 35.6 Å². The molecule has 0 radical (unpaired) electrons. The Morgan fingerprint density at radius 2 is 1.97 bits per heavy atom. The van der Waals surface area contributed by atoms with Gasteiger partial charge in [-0.05, 0) is 37.7 Å². The molecule has 3 heterocycles. The van der Waals surface area contributed by atoms with Crippen molar-refractivity contribution >= 4 is 17.6 Å². The minimum Gasteiger partial charge on any atom is -0.299 e. The summed E-state index contributed by atoms with van der Waals surface area (Å²) in [5, 5.41) is 4.65. The summed E-state index contributed by atoms with van der Waals surface area (Å²) in [5.41, 5.74) is 5.72. The van der Waals surface area contributed by atoms with E-state index in [1.807, 2.05) is 6.07 Å². The molecule has 2 saturated heterocycles. The minimum atomic E-state index is -0.383. The summed E-state index contributed by atoms with van der Waals surface area (Å²) in [4.78, 5) is 45.2. The van der Waals surface area contributed by atoms with Crippen molar-refractivity contribution in [2.75, 3.05) is 11.6 Å². The summed E-state index contributed by atoms with van der Waals surface area (Å²) in [7, 11) is 0. The van der Waals surface area contributed by atoms with Gasteiger partial charge < -0.3 is 0 Å². The molecule has 3 N–H and O–H groups in total. The Morgan fingerprint density at radius 3 is 2.73 bits per heavy atom. The number of nitrogens with zero attached hydrogens (tertiary/aromatic N) is 2. The molecule has 1 amide bonds. The fourth-order valence-corrected chi connectivity index (χ4v) is 5.32. The number of aromatic nitrogens is 2. The summed E-state index contributed by atoms with van der Waals surface area (Å²) < 4.78 is 0. The number of piperidine rings is 1. The van der Waals surface area contributed by atoms with Gasteiger partial charge in [-0.3, -0.25) is 24.7 Å². The number of hydrazine groups is 1. The van der Waals surface area contributed by atoms with Crippen LogP contribution in [0.3, 0.4) is 0 Å². The number of hydrogen-bond donors (Lipinski definition) is 3. The second-order valence-corrected chi connectivity index (χ2v) is 8.71. The Labute approximate surface area is 174 Å². The number of fused-ring (bicyclic) bond motifs is 3. The van der Waals surface area contributed by atoms with Gasteiger partial charge in [-0.1, -0.05) is 29.8 Å². The van der Waals surface area contributed by atoms with Gasteiger partial charge in [0.2, 0.25) is 11.9 Å². The lowest BCUT2D eigenvalue weighted by Crippen LogP contribution is -2.57. The molecule has 8 heteroatoms. The average Bonchev–Trinajstić information content (AvgIpc) is 3.04. The normalized spacial score (nSPS) is 30.9. The second kappa shape index (κ2) is 7.14. The highest BCUT2D eigenvalue weighted by atomic mass is 16.2. The molecule has 156 valence electrons. The smallest absolute Gasteiger partial charge is 0.252 e. The molecule has 1 aromatic heterocycles. The number of ketones is 1. The first-order valence-corrected chi connectivity index (χ1v) is 10.4. The number of benzene rings is 1. The molecule has 8 nitrogen and oxygen atoms in total. The molecule has 5 unspecified atom stereocenters. The number of nitrogens with one attached hydrogen (secondary N) is 3. The monoisotopic (exact) mass is 407 g/mol. The third kappa shape index (κ3) is 3.16. The Bertz CT molecular complexity index is 1080. The van der Waals surface area contributed by atoms with Crippen LogP contribution in [0.5, 0.6) is 0 Å². The predicted molar refractivity (Wildman–Crippen MR) is 111 cm³/mol. The Kier molecular flexibility index (Phi) is 4.56. The van der Waals surface area contributed by atoms with Gasteiger partial charge in [-0.15, -0.1) is 0 Å². The number of rotatable bonds is 2. The molecule has 2 aliphatic heterocycles. The SMILES string of the molecule is Cc1cccc(C2CC(=O)C3CNC4NN(c5nc(C)cc(=O)[nH]5)C(=O)C4C3C2)c1. The molecule has 5 atom stereocenters. The van der Waals surface area contributed by atoms with Crippen molar-refractivity contribution in [2.45, 2.75) is 38.8 Å². The molecule has 2 aromatic rings. The molecular weight excluding hydrogens is 382 g/mol. The van der Waals surface area contributed by atoms with E-state index >= 15 is 0 Å². The summed E-state index contributed by atoms with van der Waals surface area (Å²) in [5.74, 6) is -0.227. The number of carbonyl (C=O) groups excluding carboxylic acids is 2. The number of amides is 1. The summed E-state index contributed by atoms with van der Waals surface area (Å²) in [6, 6.07) is 9.68. The van der Waals surface area contributed by atoms with E-state index in [0.29, 0.717) is 18.7 Å². The molecule has 1 aromatic carbocycles. The fourth-order valence-electron chi connectivity index (χ4n) is 5.32. The zero-order valence-corrected chi connectivity index (χ0v) is 17.0. The van der Waals surface area contributed by atoms with E-state index < -0.39 is 0 Å². The summed E-state index contributed by atoms with van der Waals surface area (Å²) in [6.45, 7) is 4.32. The van der Waals surface area contributed by atoms with Crippen molar-refractivity contribution in [1.82, 2.24) is 20.7 Å². The standard InChI is InChI=1S/C22H25N5O3/c1-11-4-3-5-13(6-11)14-8-15-16(17(28)9-14)10-23-20-19(15)21(30)27(26-20)22-24-12(2)7-18(29)25-22/h3-7,14-16,19-20,23,26H,8-10H2,1-2H3,(H,24,25,29). The van der Waals surface area contributed by atoms with Crippen LogP contribution < -0.4 is 21.3 Å². The van der Waals surface area contributed by atoms with Gasteiger partial charge >= 0.3 is 0 Å². The van der Waals surface area contributed by atoms with Crippen LogP contribution in [-0.4, -0.2) is 34.4 Å². The van der Waals surface area contributed by atoms with Crippen LogP contribution in [-0.2, 0) is 9.59 Å². The number of anilines is 1. The van der Waals surface area contributed by atoms with Gasteiger partial charge in [0, 0.05) is 30.6 Å². The summed E-state index contributed by atoms with van der Waals surface area (Å²) in [6.07, 6.45) is 1.03. The van der Waals surface area contributed by atoms with Crippen LogP contribution in [0, 0.1) is 31.6 Å². The number of hydrogen-bond acceptors (Lipinski definition) is 6. The van der Waals surface area contributed by atoms with Gasteiger partial charge in [0.05, 0.1) is 12.1 Å². The molecule has 1 saturated carbocycles. The van der Waals surface area contributed by atoms with Crippen LogP contribution in [0.25, 0.3) is 0 Å². The first kappa shape index (κ1) is 19.1. The highest BCUT2D eigenvalue weighted by Gasteiger charge is 2.54. The molecule has 1 aliphatic carbocycles. The maximum Gasteiger partial charge on any atom is 0.252 e. The number of H-pyrrole nitrogens is 1. The van der Waals surface area contributed by atoms with E-state index in [-0.39, 0.29) is 53.0 Å². The van der Waals surface area contributed by atoms with E-state index in [4.69, 9.17) is 0 Å². The van der Waals surface area contributed by atoms with E-state index in [0.717, 1.165) is 12.0 Å². The zero-order valence-electron chi connectivity index (χ0n) is 17.0. The highest BCUT2D eigenvalue weighted by Crippen LogP contribution is 2.45. The summed E-state index contributed by atoms with van der Waals surface area (Å²) >= 11 is 0. The third-order valence-electron chi connectivity index (χ3n) is 6.67. The molecule has 0 bridgehead atoms. The Morgan fingerprint density at radius 1 is 1.13 bits per heavy atom. The average molecular weight is 407 g/mol. The quantitative estimate of drug-likeness (QED) is 0.690. The van der Waals surface area contributed by atoms with E-state index in [9.17, 15) is 14.4 Å². The van der Waals surface area contributed by atoms with Crippen LogP contribution in [0.4, 0.5) is 5.95 Å². The van der Waals surface area contributed by atoms with E-state index in [1.165, 1.54) is 16.6 Å². The number of aromatic amines is 1. The van der Waals surface area contributed by atoms with Gasteiger partial charge in [0.1, 0.15) is 5.78 Å². The van der Waals surface area contributed by atoms with Gasteiger partial charge in [0.25, 0.3) is 5.56 Å². The maximum absolute atomic E-state index is 13.4. The maximum atomic E-state index is 13.4. The lowest BCUT2D eigenvalue weighted by atomic mass is 9.64. The number of Topliss-reactive ketones (excluding diaryl/α,β-unsaturated/α-hetero) is 1. The Balaban J connectivity index is 1.45. The topological polar surface area (TPSA) is 107 Å². The molecule has 30 heavy (non-hydrogen) atoms. The first-order valence-electron chi connectivity index (χ1n) is 10.4. The van der Waals surface area contributed by atoms with Crippen molar-refractivity contribution in [1.29, 1.82) is 0 Å². The van der Waals surface area contributed by atoms with Crippen LogP contribution in [0.2, 0.25) is 0 Å². The fraction of sp³-hybridized carbons (Fsp3) is 0.455. The van der Waals surface area contributed by atoms with Gasteiger partial charge in [-0.2, -0.15) is 0 Å². The molecule has 0 spiro atoms. The van der Waals surface area contributed by atoms with Crippen molar-refractivity contribution in [2.24, 2.45) is 17.8 Å². The predicted octanol–water partition coefficient (Wildman–Crippen LogP) is 1.16. The minimum absolute atomic E-state index is 0.0513. The van der Waals surface area contributed by atoms with Crippen molar-refractivity contribution in [3.63, 3.8) is 0 Å². The van der Waals surface area contributed by atoms with Crippen molar-refractivity contribution < 1.29 is 9.59 Å². The van der Waals surface area contributed by atoms with Gasteiger partial charge in [0.15, 0.2) is 0 Å². The van der Waals surface area contributed by atoms with Crippen molar-refractivity contribution in [3.8, 4) is 0 Å². The van der Waals surface area contributed by atoms with E-state index in [2.05, 4.69) is 45.8 Å². The van der Waals surface area contributed by atoms with Gasteiger partial charge in [-0.25, -0.2) is 15.4 Å². The van der Waals surface area contributed by atoms with Crippen LogP contribution in [0.15, 0.2) is 35.1 Å². The first-order chi connectivity index (χ1) is 14.4. The molecule has 3 fully saturated rings. The lowest BCUT2D eigenvalue weighted by Gasteiger charge is -2.43. The second-order valence-electron chi connectivity index (χ2n) is 8.71. The largest absolute Gasteiger partial charge is 0.299 e. The van der Waals surface area contributed by atoms with Crippen molar-refractivity contribution in [3.05, 3.63) is 57.5 Å². The lowest BCUT2D eigenvalue weighted by molar-refractivity contribution is -0.133. The van der Waals surface area contributed by atoms with Crippen LogP contribution >= 0.6 is 0 Å². The van der Waals surface area contributed by atoms with E-state index in [1.54, 1.807) is 6.92 Å². The molecular formula is C22H25N5O3. The zero-order chi connectivity index (χ0) is 21.0.